The molecule has 1 atom stereocenters. The van der Waals surface area contributed by atoms with Gasteiger partial charge in [-0.2, -0.15) is 0 Å². The standard InChI is InChI=1S/C20H23F2N3O5/c1-20(2,3)30-19(29)23-8-10-6-11(16(21)22)13-9-25(18(28)12(13)7-10)14-4-5-15(26)24-17(14)27/h6-7,14,16H,4-5,8-9H2,1-3H3,(H,23,29)(H,24,26,27). The van der Waals surface area contributed by atoms with E-state index in [0.717, 1.165) is 0 Å². The number of alkyl carbamates (subject to hydrolysis) is 1. The van der Waals surface area contributed by atoms with Gasteiger partial charge in [-0.3, -0.25) is 19.7 Å². The summed E-state index contributed by atoms with van der Waals surface area (Å²) in [7, 11) is 0. The molecule has 0 radical (unpaired) electrons. The van der Waals surface area contributed by atoms with Gasteiger partial charge in [0, 0.05) is 30.6 Å². The SMILES string of the molecule is CC(C)(C)OC(=O)NCc1cc2c(c(C(F)F)c1)CN(C1CCC(=O)NC1=O)C2=O. The van der Waals surface area contributed by atoms with Crippen molar-refractivity contribution in [2.75, 3.05) is 0 Å². The molecule has 0 saturated carbocycles. The van der Waals surface area contributed by atoms with Crippen molar-refractivity contribution in [2.45, 2.75) is 64.8 Å². The highest BCUT2D eigenvalue weighted by Crippen LogP contribution is 2.35. The molecule has 1 aromatic rings. The van der Waals surface area contributed by atoms with E-state index >= 15 is 0 Å². The zero-order chi connectivity index (χ0) is 22.2. The summed E-state index contributed by atoms with van der Waals surface area (Å²) in [5.41, 5.74) is -0.501. The van der Waals surface area contributed by atoms with Crippen molar-refractivity contribution < 1.29 is 32.7 Å². The van der Waals surface area contributed by atoms with Crippen molar-refractivity contribution in [2.24, 2.45) is 0 Å². The van der Waals surface area contributed by atoms with E-state index in [1.165, 1.54) is 17.0 Å². The highest BCUT2D eigenvalue weighted by atomic mass is 19.3. The summed E-state index contributed by atoms with van der Waals surface area (Å²) in [4.78, 5) is 49.4. The number of imide groups is 1. The average Bonchev–Trinajstić information content (AvgIpc) is 2.94. The lowest BCUT2D eigenvalue weighted by Crippen LogP contribution is -2.52. The maximum Gasteiger partial charge on any atom is 0.407 e. The fraction of sp³-hybridized carbons (Fsp3) is 0.500. The first kappa shape index (κ1) is 21.7. The van der Waals surface area contributed by atoms with E-state index in [-0.39, 0.29) is 42.6 Å². The lowest BCUT2D eigenvalue weighted by atomic mass is 9.99. The zero-order valence-electron chi connectivity index (χ0n) is 16.9. The number of carbonyl (C=O) groups is 4. The van der Waals surface area contributed by atoms with Crippen LogP contribution in [0.15, 0.2) is 12.1 Å². The first-order valence-corrected chi connectivity index (χ1v) is 9.51. The molecule has 2 heterocycles. The Labute approximate surface area is 171 Å². The molecule has 2 aliphatic rings. The Morgan fingerprint density at radius 2 is 2.00 bits per heavy atom. The Bertz CT molecular complexity index is 910. The molecule has 4 amide bonds. The molecule has 2 aliphatic heterocycles. The van der Waals surface area contributed by atoms with Gasteiger partial charge < -0.3 is 15.0 Å². The van der Waals surface area contributed by atoms with E-state index in [9.17, 15) is 28.0 Å². The molecule has 0 aliphatic carbocycles. The molecular weight excluding hydrogens is 400 g/mol. The number of amides is 4. The summed E-state index contributed by atoms with van der Waals surface area (Å²) >= 11 is 0. The van der Waals surface area contributed by atoms with Crippen molar-refractivity contribution >= 4 is 23.8 Å². The lowest BCUT2D eigenvalue weighted by Gasteiger charge is -2.29. The van der Waals surface area contributed by atoms with Crippen LogP contribution in [0.25, 0.3) is 0 Å². The summed E-state index contributed by atoms with van der Waals surface area (Å²) in [6, 6.07) is 1.78. The van der Waals surface area contributed by atoms with Crippen molar-refractivity contribution in [3.8, 4) is 0 Å². The maximum atomic E-state index is 13.7. The predicted molar refractivity (Wildman–Crippen MR) is 101 cm³/mol. The summed E-state index contributed by atoms with van der Waals surface area (Å²) in [6.07, 6.45) is -3.34. The van der Waals surface area contributed by atoms with Gasteiger partial charge in [-0.05, 0) is 50.5 Å². The minimum atomic E-state index is -2.84. The van der Waals surface area contributed by atoms with Crippen LogP contribution in [0.3, 0.4) is 0 Å². The van der Waals surface area contributed by atoms with Crippen molar-refractivity contribution in [1.82, 2.24) is 15.5 Å². The number of piperidine rings is 1. The Morgan fingerprint density at radius 1 is 1.30 bits per heavy atom. The van der Waals surface area contributed by atoms with E-state index in [1.807, 2.05) is 0 Å². The number of halogens is 2. The number of alkyl halides is 2. The van der Waals surface area contributed by atoms with Crippen LogP contribution in [0, 0.1) is 0 Å². The second kappa shape index (κ2) is 8.00. The number of rotatable bonds is 4. The Balaban J connectivity index is 1.82. The molecule has 162 valence electrons. The van der Waals surface area contributed by atoms with E-state index < -0.39 is 41.9 Å². The molecule has 0 aromatic heterocycles. The van der Waals surface area contributed by atoms with Gasteiger partial charge in [0.25, 0.3) is 12.3 Å². The molecule has 8 nitrogen and oxygen atoms in total. The van der Waals surface area contributed by atoms with Crippen molar-refractivity contribution in [3.05, 3.63) is 34.4 Å². The molecule has 2 N–H and O–H groups in total. The number of ether oxygens (including phenoxy) is 1. The first-order valence-electron chi connectivity index (χ1n) is 9.51. The zero-order valence-corrected chi connectivity index (χ0v) is 16.9. The molecule has 30 heavy (non-hydrogen) atoms. The topological polar surface area (TPSA) is 105 Å². The normalized spacial score (nSPS) is 19.1. The van der Waals surface area contributed by atoms with Gasteiger partial charge in [0.05, 0.1) is 0 Å². The third kappa shape index (κ3) is 4.58. The van der Waals surface area contributed by atoms with Crippen LogP contribution in [0.1, 0.15) is 67.1 Å². The van der Waals surface area contributed by atoms with Gasteiger partial charge in [0.2, 0.25) is 11.8 Å². The van der Waals surface area contributed by atoms with E-state index in [0.29, 0.717) is 5.56 Å². The van der Waals surface area contributed by atoms with Gasteiger partial charge in [0.15, 0.2) is 0 Å². The molecule has 0 bridgehead atoms. The number of nitrogens with zero attached hydrogens (tertiary/aromatic N) is 1. The van der Waals surface area contributed by atoms with Gasteiger partial charge in [-0.15, -0.1) is 0 Å². The highest BCUT2D eigenvalue weighted by Gasteiger charge is 2.40. The molecule has 0 spiro atoms. The summed E-state index contributed by atoms with van der Waals surface area (Å²) in [5, 5.41) is 4.65. The number of nitrogens with one attached hydrogen (secondary N) is 2. The number of hydrogen-bond donors (Lipinski definition) is 2. The van der Waals surface area contributed by atoms with Crippen LogP contribution >= 0.6 is 0 Å². The van der Waals surface area contributed by atoms with Gasteiger partial charge in [0.1, 0.15) is 11.6 Å². The molecule has 1 unspecified atom stereocenters. The van der Waals surface area contributed by atoms with Crippen LogP contribution in [0.5, 0.6) is 0 Å². The molecule has 1 fully saturated rings. The second-order valence-corrected chi connectivity index (χ2v) is 8.27. The van der Waals surface area contributed by atoms with Gasteiger partial charge in [-0.1, -0.05) is 0 Å². The third-order valence-electron chi connectivity index (χ3n) is 4.82. The summed E-state index contributed by atoms with van der Waals surface area (Å²) in [6.45, 7) is 4.84. The summed E-state index contributed by atoms with van der Waals surface area (Å²) < 4.78 is 32.5. The summed E-state index contributed by atoms with van der Waals surface area (Å²) in [5.74, 6) is -1.59. The van der Waals surface area contributed by atoms with Crippen LogP contribution < -0.4 is 10.6 Å². The number of benzene rings is 1. The Morgan fingerprint density at radius 3 is 2.60 bits per heavy atom. The third-order valence-corrected chi connectivity index (χ3v) is 4.82. The fourth-order valence-electron chi connectivity index (χ4n) is 3.54. The van der Waals surface area contributed by atoms with E-state index in [4.69, 9.17) is 4.74 Å². The van der Waals surface area contributed by atoms with Crippen LogP contribution in [-0.4, -0.2) is 40.4 Å². The van der Waals surface area contributed by atoms with Gasteiger partial charge in [-0.25, -0.2) is 13.6 Å². The average molecular weight is 423 g/mol. The molecule has 1 aromatic carbocycles. The molecular formula is C20H23F2N3O5. The highest BCUT2D eigenvalue weighted by molar-refractivity contribution is 6.05. The van der Waals surface area contributed by atoms with Gasteiger partial charge >= 0.3 is 6.09 Å². The van der Waals surface area contributed by atoms with E-state index in [1.54, 1.807) is 20.8 Å². The molecule has 1 saturated heterocycles. The minimum Gasteiger partial charge on any atom is -0.444 e. The second-order valence-electron chi connectivity index (χ2n) is 8.27. The maximum absolute atomic E-state index is 13.7. The van der Waals surface area contributed by atoms with Crippen molar-refractivity contribution in [3.63, 3.8) is 0 Å². The predicted octanol–water partition coefficient (Wildman–Crippen LogP) is 2.41. The Kier molecular flexibility index (Phi) is 5.78. The monoisotopic (exact) mass is 423 g/mol. The smallest absolute Gasteiger partial charge is 0.407 e. The largest absolute Gasteiger partial charge is 0.444 e. The molecule has 10 heteroatoms. The Hall–Kier alpha value is -3.04. The number of hydrogen-bond acceptors (Lipinski definition) is 5. The first-order chi connectivity index (χ1) is 14.0. The van der Waals surface area contributed by atoms with Crippen LogP contribution in [-0.2, 0) is 27.4 Å². The lowest BCUT2D eigenvalue weighted by molar-refractivity contribution is -0.136. The van der Waals surface area contributed by atoms with Crippen LogP contribution in [0.2, 0.25) is 0 Å². The number of fused-ring (bicyclic) bond motifs is 1. The van der Waals surface area contributed by atoms with E-state index in [2.05, 4.69) is 10.6 Å². The van der Waals surface area contributed by atoms with Crippen molar-refractivity contribution in [1.29, 1.82) is 0 Å². The van der Waals surface area contributed by atoms with Crippen LogP contribution in [0.4, 0.5) is 13.6 Å². The number of carbonyl (C=O) groups excluding carboxylic acids is 4. The fourth-order valence-corrected chi connectivity index (χ4v) is 3.54. The quantitative estimate of drug-likeness (QED) is 0.724. The molecule has 3 rings (SSSR count). The minimum absolute atomic E-state index is 0.0680.